The van der Waals surface area contributed by atoms with E-state index in [0.717, 1.165) is 15.7 Å². The Hall–Kier alpha value is -1.66. The van der Waals surface area contributed by atoms with Gasteiger partial charge in [0.05, 0.1) is 5.69 Å². The molecule has 0 bridgehead atoms. The van der Waals surface area contributed by atoms with Crippen LogP contribution in [0.25, 0.3) is 11.3 Å². The molecule has 1 amide bonds. The first-order valence-electron chi connectivity index (χ1n) is 5.50. The van der Waals surface area contributed by atoms with Gasteiger partial charge in [-0.1, -0.05) is 28.1 Å². The van der Waals surface area contributed by atoms with Crippen LogP contribution in [0.5, 0.6) is 0 Å². The topological polar surface area (TPSA) is 72.9 Å². The molecule has 5 nitrogen and oxygen atoms in total. The van der Waals surface area contributed by atoms with Gasteiger partial charge >= 0.3 is 0 Å². The second-order valence-corrected chi connectivity index (χ2v) is 4.63. The number of benzene rings is 1. The molecule has 2 aromatic rings. The van der Waals surface area contributed by atoms with Crippen LogP contribution < -0.4 is 11.3 Å². The average molecular weight is 309 g/mol. The van der Waals surface area contributed by atoms with Gasteiger partial charge in [-0.05, 0) is 30.7 Å². The molecule has 94 valence electrons. The zero-order valence-corrected chi connectivity index (χ0v) is 11.4. The van der Waals surface area contributed by atoms with Gasteiger partial charge in [0, 0.05) is 11.0 Å². The first kappa shape index (κ1) is 12.8. The molecule has 0 unspecified atom stereocenters. The summed E-state index contributed by atoms with van der Waals surface area (Å²) in [5.41, 5.74) is 4.30. The minimum Gasteiger partial charge on any atom is -0.289 e. The van der Waals surface area contributed by atoms with E-state index >= 15 is 0 Å². The van der Waals surface area contributed by atoms with E-state index in [2.05, 4.69) is 26.5 Å². The summed E-state index contributed by atoms with van der Waals surface area (Å²) in [7, 11) is 0. The maximum atomic E-state index is 11.5. The highest BCUT2D eigenvalue weighted by atomic mass is 79.9. The van der Waals surface area contributed by atoms with Gasteiger partial charge < -0.3 is 0 Å². The molecule has 1 heterocycles. The average Bonchev–Trinajstić information content (AvgIpc) is 2.83. The van der Waals surface area contributed by atoms with Gasteiger partial charge in [0.15, 0.2) is 5.69 Å². The molecule has 2 rings (SSSR count). The van der Waals surface area contributed by atoms with E-state index in [4.69, 9.17) is 5.84 Å². The van der Waals surface area contributed by atoms with E-state index in [1.54, 1.807) is 10.7 Å². The highest BCUT2D eigenvalue weighted by molar-refractivity contribution is 9.10. The number of aromatic nitrogens is 2. The molecule has 6 heteroatoms. The zero-order valence-electron chi connectivity index (χ0n) is 9.85. The van der Waals surface area contributed by atoms with Crippen LogP contribution in [0.4, 0.5) is 0 Å². The van der Waals surface area contributed by atoms with Crippen molar-refractivity contribution in [2.24, 2.45) is 5.84 Å². The van der Waals surface area contributed by atoms with Crippen LogP contribution in [0.2, 0.25) is 0 Å². The molecule has 18 heavy (non-hydrogen) atoms. The molecule has 0 saturated carbocycles. The Kier molecular flexibility index (Phi) is 3.78. The number of hydrogen-bond donors (Lipinski definition) is 2. The van der Waals surface area contributed by atoms with Gasteiger partial charge in [0.25, 0.3) is 5.91 Å². The normalized spacial score (nSPS) is 10.4. The van der Waals surface area contributed by atoms with Crippen LogP contribution in [-0.2, 0) is 6.54 Å². The number of nitrogens with zero attached hydrogens (tertiary/aromatic N) is 2. The van der Waals surface area contributed by atoms with Crippen LogP contribution in [0.3, 0.4) is 0 Å². The van der Waals surface area contributed by atoms with Crippen molar-refractivity contribution >= 4 is 21.8 Å². The second kappa shape index (κ2) is 5.32. The third-order valence-corrected chi connectivity index (χ3v) is 3.11. The number of nitrogens with two attached hydrogens (primary N) is 1. The molecule has 0 fully saturated rings. The second-order valence-electron chi connectivity index (χ2n) is 3.71. The maximum absolute atomic E-state index is 11.5. The number of hydrazine groups is 1. The Bertz CT molecular complexity index is 562. The standard InChI is InChI=1S/C12H13BrN4O/c1-2-17-11(7-10(16-17)12(18)15-14)8-3-5-9(13)6-4-8/h3-7H,2,14H2,1H3,(H,15,18). The molecule has 0 aliphatic heterocycles. The van der Waals surface area contributed by atoms with E-state index in [-0.39, 0.29) is 5.91 Å². The molecular formula is C12H13BrN4O. The lowest BCUT2D eigenvalue weighted by atomic mass is 10.1. The molecule has 0 aliphatic rings. The van der Waals surface area contributed by atoms with Crippen molar-refractivity contribution in [3.63, 3.8) is 0 Å². The lowest BCUT2D eigenvalue weighted by Gasteiger charge is -2.04. The third kappa shape index (κ3) is 2.44. The van der Waals surface area contributed by atoms with Gasteiger partial charge in [-0.2, -0.15) is 5.10 Å². The van der Waals surface area contributed by atoms with Crippen molar-refractivity contribution in [2.75, 3.05) is 0 Å². The Balaban J connectivity index is 2.46. The third-order valence-electron chi connectivity index (χ3n) is 2.58. The fourth-order valence-corrected chi connectivity index (χ4v) is 1.96. The van der Waals surface area contributed by atoms with E-state index < -0.39 is 0 Å². The number of nitrogens with one attached hydrogen (secondary N) is 1. The van der Waals surface area contributed by atoms with Crippen molar-refractivity contribution in [1.82, 2.24) is 15.2 Å². The molecule has 1 aromatic carbocycles. The molecule has 0 spiro atoms. The van der Waals surface area contributed by atoms with Crippen molar-refractivity contribution in [1.29, 1.82) is 0 Å². The summed E-state index contributed by atoms with van der Waals surface area (Å²) >= 11 is 3.39. The van der Waals surface area contributed by atoms with E-state index in [9.17, 15) is 4.79 Å². The Morgan fingerprint density at radius 2 is 2.11 bits per heavy atom. The van der Waals surface area contributed by atoms with Crippen LogP contribution in [0.1, 0.15) is 17.4 Å². The highest BCUT2D eigenvalue weighted by Gasteiger charge is 2.13. The predicted molar refractivity (Wildman–Crippen MR) is 72.7 cm³/mol. The summed E-state index contributed by atoms with van der Waals surface area (Å²) in [6, 6.07) is 9.57. The number of carbonyl (C=O) groups excluding carboxylic acids is 1. The van der Waals surface area contributed by atoms with Gasteiger partial charge in [-0.15, -0.1) is 0 Å². The lowest BCUT2D eigenvalue weighted by molar-refractivity contribution is 0.0948. The predicted octanol–water partition coefficient (Wildman–Crippen LogP) is 1.94. The van der Waals surface area contributed by atoms with E-state index in [1.807, 2.05) is 31.2 Å². The monoisotopic (exact) mass is 308 g/mol. The van der Waals surface area contributed by atoms with Crippen molar-refractivity contribution < 1.29 is 4.79 Å². The number of hydrogen-bond acceptors (Lipinski definition) is 3. The number of carbonyl (C=O) groups is 1. The summed E-state index contributed by atoms with van der Waals surface area (Å²) in [5, 5.41) is 4.21. The quantitative estimate of drug-likeness (QED) is 0.517. The number of nitrogen functional groups attached to an aromatic ring is 1. The fraction of sp³-hybridized carbons (Fsp3) is 0.167. The highest BCUT2D eigenvalue weighted by Crippen LogP contribution is 2.22. The van der Waals surface area contributed by atoms with Crippen molar-refractivity contribution in [2.45, 2.75) is 13.5 Å². The Labute approximate surface area is 113 Å². The van der Waals surface area contributed by atoms with E-state index in [0.29, 0.717) is 12.2 Å². The number of aryl methyl sites for hydroxylation is 1. The van der Waals surface area contributed by atoms with Gasteiger partial charge in [0.1, 0.15) is 0 Å². The molecule has 3 N–H and O–H groups in total. The lowest BCUT2D eigenvalue weighted by Crippen LogP contribution is -2.30. The van der Waals surface area contributed by atoms with Gasteiger partial charge in [0.2, 0.25) is 0 Å². The minimum atomic E-state index is -0.388. The SMILES string of the molecule is CCn1nc(C(=O)NN)cc1-c1ccc(Br)cc1. The summed E-state index contributed by atoms with van der Waals surface area (Å²) in [6.45, 7) is 2.66. The molecular weight excluding hydrogens is 296 g/mol. The summed E-state index contributed by atoms with van der Waals surface area (Å²) in [4.78, 5) is 11.5. The summed E-state index contributed by atoms with van der Waals surface area (Å²) < 4.78 is 2.78. The largest absolute Gasteiger partial charge is 0.289 e. The fourth-order valence-electron chi connectivity index (χ4n) is 1.70. The molecule has 1 aromatic heterocycles. The molecule has 0 radical (unpaired) electrons. The molecule has 0 saturated heterocycles. The van der Waals surface area contributed by atoms with Crippen molar-refractivity contribution in [3.8, 4) is 11.3 Å². The summed E-state index contributed by atoms with van der Waals surface area (Å²) in [6.07, 6.45) is 0. The van der Waals surface area contributed by atoms with E-state index in [1.165, 1.54) is 0 Å². The Morgan fingerprint density at radius 3 is 2.67 bits per heavy atom. The first-order valence-corrected chi connectivity index (χ1v) is 6.29. The van der Waals surface area contributed by atoms with Crippen LogP contribution in [-0.4, -0.2) is 15.7 Å². The molecule has 0 aliphatic carbocycles. The number of amides is 1. The zero-order chi connectivity index (χ0) is 13.1. The maximum Gasteiger partial charge on any atom is 0.285 e. The summed E-state index contributed by atoms with van der Waals surface area (Å²) in [5.74, 6) is 4.72. The number of halogens is 1. The van der Waals surface area contributed by atoms with Crippen LogP contribution in [0.15, 0.2) is 34.8 Å². The molecule has 0 atom stereocenters. The van der Waals surface area contributed by atoms with Crippen molar-refractivity contribution in [3.05, 3.63) is 40.5 Å². The Morgan fingerprint density at radius 1 is 1.44 bits per heavy atom. The number of rotatable bonds is 3. The van der Waals surface area contributed by atoms with Gasteiger partial charge in [-0.25, -0.2) is 5.84 Å². The van der Waals surface area contributed by atoms with Gasteiger partial charge in [-0.3, -0.25) is 14.9 Å². The first-order chi connectivity index (χ1) is 8.65. The minimum absolute atomic E-state index is 0.317. The van der Waals surface area contributed by atoms with Crippen LogP contribution >= 0.6 is 15.9 Å². The smallest absolute Gasteiger partial charge is 0.285 e. The van der Waals surface area contributed by atoms with Crippen LogP contribution in [0, 0.1) is 0 Å².